The number of benzene rings is 1. The van der Waals surface area contributed by atoms with Gasteiger partial charge in [-0.05, 0) is 31.0 Å². The topological polar surface area (TPSA) is 38.8 Å². The van der Waals surface area contributed by atoms with Gasteiger partial charge < -0.3 is 14.4 Å². The van der Waals surface area contributed by atoms with E-state index in [1.165, 1.54) is 4.90 Å². The molecule has 0 atom stereocenters. The van der Waals surface area contributed by atoms with Gasteiger partial charge in [0, 0.05) is 24.6 Å². The first kappa shape index (κ1) is 15.5. The lowest BCUT2D eigenvalue weighted by molar-refractivity contribution is -0.185. The molecule has 7 heteroatoms. The molecule has 3 rings (SSSR count). The molecule has 0 aliphatic carbocycles. The summed E-state index contributed by atoms with van der Waals surface area (Å²) in [5, 5.41) is 0. The molecule has 0 bridgehead atoms. The van der Waals surface area contributed by atoms with E-state index in [0.29, 0.717) is 17.1 Å². The number of amides is 1. The van der Waals surface area contributed by atoms with E-state index in [0.717, 1.165) is 0 Å². The summed E-state index contributed by atoms with van der Waals surface area (Å²) in [7, 11) is 0. The number of piperidine rings is 1. The predicted octanol–water partition coefficient (Wildman–Crippen LogP) is 2.57. The zero-order valence-corrected chi connectivity index (χ0v) is 12.2. The van der Waals surface area contributed by atoms with Crippen molar-refractivity contribution in [3.8, 4) is 23.3 Å². The Kier molecular flexibility index (Phi) is 4.07. The monoisotopic (exact) mass is 325 g/mol. The van der Waals surface area contributed by atoms with Gasteiger partial charge in [0.1, 0.15) is 0 Å². The molecule has 0 unspecified atom stereocenters. The van der Waals surface area contributed by atoms with Gasteiger partial charge in [0.15, 0.2) is 11.5 Å². The lowest BCUT2D eigenvalue weighted by Gasteiger charge is -2.31. The number of likely N-dealkylation sites (tertiary alicyclic amines) is 1. The third-order valence-electron chi connectivity index (χ3n) is 3.93. The van der Waals surface area contributed by atoms with Crippen LogP contribution in [-0.4, -0.2) is 36.9 Å². The molecule has 1 aromatic rings. The highest BCUT2D eigenvalue weighted by atomic mass is 19.4. The number of ether oxygens (including phenoxy) is 2. The van der Waals surface area contributed by atoms with Gasteiger partial charge in [-0.1, -0.05) is 5.92 Å². The zero-order valence-electron chi connectivity index (χ0n) is 12.2. The van der Waals surface area contributed by atoms with Gasteiger partial charge in [0.2, 0.25) is 6.79 Å². The summed E-state index contributed by atoms with van der Waals surface area (Å²) in [5.41, 5.74) is 0.591. The number of nitrogens with zero attached hydrogens (tertiary/aromatic N) is 1. The molecule has 23 heavy (non-hydrogen) atoms. The van der Waals surface area contributed by atoms with Gasteiger partial charge >= 0.3 is 6.18 Å². The van der Waals surface area contributed by atoms with Crippen LogP contribution in [0.15, 0.2) is 18.2 Å². The van der Waals surface area contributed by atoms with Crippen molar-refractivity contribution in [2.45, 2.75) is 19.0 Å². The first-order valence-electron chi connectivity index (χ1n) is 7.21. The van der Waals surface area contributed by atoms with E-state index in [1.54, 1.807) is 18.2 Å². The lowest BCUT2D eigenvalue weighted by atomic mass is 9.96. The molecule has 0 radical (unpaired) electrons. The first-order chi connectivity index (χ1) is 10.9. The van der Waals surface area contributed by atoms with Crippen LogP contribution in [-0.2, 0) is 4.79 Å². The lowest BCUT2D eigenvalue weighted by Crippen LogP contribution is -2.41. The van der Waals surface area contributed by atoms with Gasteiger partial charge in [-0.3, -0.25) is 4.79 Å². The SMILES string of the molecule is O=C(C#Cc1ccc2c(c1)OCO2)N1CCC(C(F)(F)F)CC1. The zero-order chi connectivity index (χ0) is 16.4. The summed E-state index contributed by atoms with van der Waals surface area (Å²) >= 11 is 0. The number of hydrogen-bond donors (Lipinski definition) is 0. The molecule has 0 N–H and O–H groups in total. The third kappa shape index (κ3) is 3.52. The Morgan fingerprint density at radius 3 is 2.57 bits per heavy atom. The molecule has 122 valence electrons. The largest absolute Gasteiger partial charge is 0.454 e. The second kappa shape index (κ2) is 6.03. The Balaban J connectivity index is 1.60. The standard InChI is InChI=1S/C16H14F3NO3/c17-16(18,19)12-5-7-20(8-6-12)15(21)4-2-11-1-3-13-14(9-11)23-10-22-13/h1,3,9,12H,5-8,10H2. The molecule has 4 nitrogen and oxygen atoms in total. The highest BCUT2D eigenvalue weighted by Crippen LogP contribution is 2.34. The van der Waals surface area contributed by atoms with E-state index in [4.69, 9.17) is 9.47 Å². The molecule has 2 aliphatic rings. The van der Waals surface area contributed by atoms with Crippen LogP contribution in [0.25, 0.3) is 0 Å². The number of fused-ring (bicyclic) bond motifs is 1. The molecule has 1 saturated heterocycles. The van der Waals surface area contributed by atoms with E-state index in [1.807, 2.05) is 0 Å². The van der Waals surface area contributed by atoms with Crippen LogP contribution < -0.4 is 9.47 Å². The number of carbonyl (C=O) groups is 1. The minimum Gasteiger partial charge on any atom is -0.454 e. The summed E-state index contributed by atoms with van der Waals surface area (Å²) in [6.45, 7) is 0.316. The molecule has 0 saturated carbocycles. The highest BCUT2D eigenvalue weighted by Gasteiger charge is 2.41. The minimum absolute atomic E-state index is 0.0685. The quantitative estimate of drug-likeness (QED) is 0.688. The molecule has 0 spiro atoms. The maximum atomic E-state index is 12.6. The molecule has 1 aromatic carbocycles. The summed E-state index contributed by atoms with van der Waals surface area (Å²) in [6.07, 6.45) is -4.32. The van der Waals surface area contributed by atoms with Crippen molar-refractivity contribution in [2.24, 2.45) is 5.92 Å². The molecular weight excluding hydrogens is 311 g/mol. The van der Waals surface area contributed by atoms with Crippen LogP contribution in [0.5, 0.6) is 11.5 Å². The second-order valence-corrected chi connectivity index (χ2v) is 5.43. The van der Waals surface area contributed by atoms with Gasteiger partial charge in [0.25, 0.3) is 5.91 Å². The third-order valence-corrected chi connectivity index (χ3v) is 3.93. The van der Waals surface area contributed by atoms with Crippen molar-refractivity contribution in [2.75, 3.05) is 19.9 Å². The average Bonchev–Trinajstić information content (AvgIpc) is 2.99. The van der Waals surface area contributed by atoms with E-state index in [-0.39, 0.29) is 32.7 Å². The maximum Gasteiger partial charge on any atom is 0.391 e. The Morgan fingerprint density at radius 1 is 1.17 bits per heavy atom. The van der Waals surface area contributed by atoms with E-state index in [2.05, 4.69) is 11.8 Å². The van der Waals surface area contributed by atoms with E-state index >= 15 is 0 Å². The Bertz CT molecular complexity index is 667. The Labute approximate surface area is 131 Å². The Morgan fingerprint density at radius 2 is 1.87 bits per heavy atom. The molecule has 2 aliphatic heterocycles. The fourth-order valence-electron chi connectivity index (χ4n) is 2.59. The van der Waals surface area contributed by atoms with Crippen molar-refractivity contribution in [3.05, 3.63) is 23.8 Å². The number of halogens is 3. The van der Waals surface area contributed by atoms with Crippen LogP contribution in [0.4, 0.5) is 13.2 Å². The van der Waals surface area contributed by atoms with E-state index in [9.17, 15) is 18.0 Å². The van der Waals surface area contributed by atoms with Crippen LogP contribution in [0, 0.1) is 17.8 Å². The highest BCUT2D eigenvalue weighted by molar-refractivity contribution is 5.94. The van der Waals surface area contributed by atoms with Crippen molar-refractivity contribution < 1.29 is 27.4 Å². The Hall–Kier alpha value is -2.36. The second-order valence-electron chi connectivity index (χ2n) is 5.43. The van der Waals surface area contributed by atoms with Crippen LogP contribution in [0.3, 0.4) is 0 Å². The van der Waals surface area contributed by atoms with Crippen molar-refractivity contribution in [3.63, 3.8) is 0 Å². The van der Waals surface area contributed by atoms with Crippen LogP contribution >= 0.6 is 0 Å². The fraction of sp³-hybridized carbons (Fsp3) is 0.438. The van der Waals surface area contributed by atoms with Crippen molar-refractivity contribution in [1.29, 1.82) is 0 Å². The average molecular weight is 325 g/mol. The maximum absolute atomic E-state index is 12.6. The van der Waals surface area contributed by atoms with Gasteiger partial charge in [-0.2, -0.15) is 13.2 Å². The molecule has 1 fully saturated rings. The number of rotatable bonds is 0. The van der Waals surface area contributed by atoms with E-state index < -0.39 is 18.0 Å². The van der Waals surface area contributed by atoms with Gasteiger partial charge in [-0.25, -0.2) is 0 Å². The smallest absolute Gasteiger partial charge is 0.391 e. The number of alkyl halides is 3. The normalized spacial score (nSPS) is 17.6. The summed E-state index contributed by atoms with van der Waals surface area (Å²) in [4.78, 5) is 13.3. The number of hydrogen-bond acceptors (Lipinski definition) is 3. The van der Waals surface area contributed by atoms with Crippen molar-refractivity contribution >= 4 is 5.91 Å². The summed E-state index contributed by atoms with van der Waals surface area (Å²) in [5.74, 6) is 4.59. The van der Waals surface area contributed by atoms with Gasteiger partial charge in [-0.15, -0.1) is 0 Å². The van der Waals surface area contributed by atoms with Gasteiger partial charge in [0.05, 0.1) is 5.92 Å². The summed E-state index contributed by atoms with van der Waals surface area (Å²) in [6, 6.07) is 5.06. The van der Waals surface area contributed by atoms with Crippen LogP contribution in [0.1, 0.15) is 18.4 Å². The molecule has 0 aromatic heterocycles. The summed E-state index contributed by atoms with van der Waals surface area (Å²) < 4.78 is 48.2. The molecular formula is C16H14F3NO3. The molecule has 1 amide bonds. The minimum atomic E-state index is -4.19. The van der Waals surface area contributed by atoms with Crippen LogP contribution in [0.2, 0.25) is 0 Å². The first-order valence-corrected chi connectivity index (χ1v) is 7.21. The van der Waals surface area contributed by atoms with Crippen molar-refractivity contribution in [1.82, 2.24) is 4.90 Å². The predicted molar refractivity (Wildman–Crippen MR) is 74.8 cm³/mol. The molecule has 2 heterocycles. The fourth-order valence-corrected chi connectivity index (χ4v) is 2.59. The number of carbonyl (C=O) groups excluding carboxylic acids is 1.